The fourth-order valence-electron chi connectivity index (χ4n) is 1.25. The van der Waals surface area contributed by atoms with Gasteiger partial charge in [0.05, 0.1) is 0 Å². The molecule has 0 aliphatic rings. The summed E-state index contributed by atoms with van der Waals surface area (Å²) in [7, 11) is 1.56. The summed E-state index contributed by atoms with van der Waals surface area (Å²) in [5.41, 5.74) is 6.76. The summed E-state index contributed by atoms with van der Waals surface area (Å²) in [5, 5.41) is 2.45. The van der Waals surface area contributed by atoms with Gasteiger partial charge in [-0.3, -0.25) is 0 Å². The van der Waals surface area contributed by atoms with Gasteiger partial charge in [0.2, 0.25) is 0 Å². The molecule has 1 amide bonds. The van der Waals surface area contributed by atoms with E-state index in [1.54, 1.807) is 7.05 Å². The Morgan fingerprint density at radius 3 is 2.40 bits per heavy atom. The fourth-order valence-corrected chi connectivity index (χ4v) is 4.01. The van der Waals surface area contributed by atoms with Gasteiger partial charge in [-0.1, -0.05) is 0 Å². The van der Waals surface area contributed by atoms with Gasteiger partial charge >= 0.3 is 93.0 Å². The summed E-state index contributed by atoms with van der Waals surface area (Å²) in [5.74, 6) is 0.692. The zero-order valence-corrected chi connectivity index (χ0v) is 11.4. The van der Waals surface area contributed by atoms with E-state index in [4.69, 9.17) is 4.74 Å². The maximum atomic E-state index is 11.1. The molecule has 0 saturated carbocycles. The van der Waals surface area contributed by atoms with Crippen LogP contribution in [0.1, 0.15) is 0 Å². The first kappa shape index (κ1) is 12.1. The van der Waals surface area contributed by atoms with Crippen molar-refractivity contribution in [1.82, 2.24) is 5.32 Å². The number of carbonyl (C=O) groups excluding carboxylic acids is 1. The Hall–Kier alpha value is -0.952. The van der Waals surface area contributed by atoms with Crippen molar-refractivity contribution in [3.63, 3.8) is 0 Å². The third-order valence-electron chi connectivity index (χ3n) is 1.99. The number of ether oxygens (including phenoxy) is 1. The minimum atomic E-state index is -1.80. The van der Waals surface area contributed by atoms with Crippen molar-refractivity contribution in [3.05, 3.63) is 24.3 Å². The van der Waals surface area contributed by atoms with Crippen molar-refractivity contribution in [2.45, 2.75) is 17.1 Å². The molecule has 4 heteroatoms. The fraction of sp³-hybridized carbons (Fsp3) is 0.364. The summed E-state index contributed by atoms with van der Waals surface area (Å²) < 4.78 is 6.41. The molecule has 0 heterocycles. The van der Waals surface area contributed by atoms with E-state index in [-0.39, 0.29) is 0 Å². The second-order valence-corrected chi connectivity index (χ2v) is 13.6. The Balaban J connectivity index is 3.02. The van der Waals surface area contributed by atoms with Gasteiger partial charge in [-0.15, -0.1) is 0 Å². The van der Waals surface area contributed by atoms with Crippen molar-refractivity contribution in [1.29, 1.82) is 0 Å². The van der Waals surface area contributed by atoms with Crippen LogP contribution in [0.25, 0.3) is 0 Å². The normalized spacial score (nSPS) is 10.9. The van der Waals surface area contributed by atoms with E-state index in [9.17, 15) is 4.79 Å². The Morgan fingerprint density at radius 1 is 1.27 bits per heavy atom. The van der Waals surface area contributed by atoms with Crippen molar-refractivity contribution in [2.75, 3.05) is 7.05 Å². The summed E-state index contributed by atoms with van der Waals surface area (Å²) >= 11 is -1.80. The van der Waals surface area contributed by atoms with Gasteiger partial charge in [-0.2, -0.15) is 0 Å². The van der Waals surface area contributed by atoms with Gasteiger partial charge in [-0.05, 0) is 0 Å². The molecular formula is C11H17AsNO2+. The number of carbonyl (C=O) groups is 1. The molecule has 0 saturated heterocycles. The van der Waals surface area contributed by atoms with Crippen LogP contribution in [0, 0.1) is 0 Å². The third-order valence-corrected chi connectivity index (χ3v) is 5.80. The second-order valence-electron chi connectivity index (χ2n) is 4.12. The molecular weight excluding hydrogens is 253 g/mol. The number of hydrogen-bond donors (Lipinski definition) is 1. The van der Waals surface area contributed by atoms with E-state index in [2.05, 4.69) is 22.5 Å². The molecule has 0 spiro atoms. The SMILES string of the molecule is CNC(=O)Oc1ccccc1[As+](C)(C)C. The summed E-state index contributed by atoms with van der Waals surface area (Å²) in [6.45, 7) is 0. The zero-order chi connectivity index (χ0) is 11.5. The van der Waals surface area contributed by atoms with Crippen LogP contribution < -0.4 is 14.4 Å². The van der Waals surface area contributed by atoms with Gasteiger partial charge in [0.15, 0.2) is 0 Å². The predicted molar refractivity (Wildman–Crippen MR) is 64.5 cm³/mol. The Labute approximate surface area is 93.3 Å². The quantitative estimate of drug-likeness (QED) is 0.834. The Bertz CT molecular complexity index is 358. The van der Waals surface area contributed by atoms with Crippen LogP contribution in [0.4, 0.5) is 4.79 Å². The molecule has 82 valence electrons. The van der Waals surface area contributed by atoms with Crippen molar-refractivity contribution >= 4 is 24.0 Å². The molecule has 0 aliphatic carbocycles. The van der Waals surface area contributed by atoms with E-state index in [1.807, 2.05) is 24.3 Å². The summed E-state index contributed by atoms with van der Waals surface area (Å²) in [6.07, 6.45) is -0.411. The molecule has 0 unspecified atom stereocenters. The number of nitrogens with one attached hydrogen (secondary N) is 1. The molecule has 1 aromatic rings. The van der Waals surface area contributed by atoms with Gasteiger partial charge in [-0.25, -0.2) is 0 Å². The van der Waals surface area contributed by atoms with Crippen molar-refractivity contribution in [2.24, 2.45) is 0 Å². The van der Waals surface area contributed by atoms with Gasteiger partial charge in [0.25, 0.3) is 0 Å². The first-order chi connectivity index (χ1) is 6.95. The molecule has 0 aromatic heterocycles. The first-order valence-electron chi connectivity index (χ1n) is 4.75. The van der Waals surface area contributed by atoms with Crippen LogP contribution in [0.3, 0.4) is 0 Å². The zero-order valence-electron chi connectivity index (χ0n) is 9.57. The molecule has 1 rings (SSSR count). The molecule has 1 N–H and O–H groups in total. The maximum absolute atomic E-state index is 11.1. The van der Waals surface area contributed by atoms with Gasteiger partial charge < -0.3 is 0 Å². The van der Waals surface area contributed by atoms with Crippen LogP contribution in [0.5, 0.6) is 5.75 Å². The molecule has 15 heavy (non-hydrogen) atoms. The number of para-hydroxylation sites is 1. The van der Waals surface area contributed by atoms with Crippen LogP contribution in [-0.4, -0.2) is 26.7 Å². The third kappa shape index (κ3) is 3.28. The summed E-state index contributed by atoms with van der Waals surface area (Å²) in [6, 6.07) is 7.76. The standard InChI is InChI=1S/C11H16AsNO2/c1-12(2,3)9-7-5-6-8-10(9)15-11(14)13-4/h5-8H,1-4H3/p+1. The minimum absolute atomic E-state index is 0.411. The molecule has 0 fully saturated rings. The molecule has 1 aromatic carbocycles. The number of amides is 1. The average molecular weight is 270 g/mol. The monoisotopic (exact) mass is 270 g/mol. The molecule has 0 atom stereocenters. The molecule has 3 nitrogen and oxygen atoms in total. The predicted octanol–water partition coefficient (Wildman–Crippen LogP) is 1.95. The Morgan fingerprint density at radius 2 is 1.87 bits per heavy atom. The van der Waals surface area contributed by atoms with Crippen LogP contribution in [0.15, 0.2) is 24.3 Å². The molecule has 0 aliphatic heterocycles. The van der Waals surface area contributed by atoms with Gasteiger partial charge in [0.1, 0.15) is 0 Å². The number of benzene rings is 1. The van der Waals surface area contributed by atoms with E-state index >= 15 is 0 Å². The molecule has 0 radical (unpaired) electrons. The average Bonchev–Trinajstić information content (AvgIpc) is 2.17. The van der Waals surface area contributed by atoms with Crippen LogP contribution in [-0.2, 0) is 0 Å². The molecule has 0 bridgehead atoms. The van der Waals surface area contributed by atoms with E-state index in [1.165, 1.54) is 4.35 Å². The van der Waals surface area contributed by atoms with E-state index in [0.717, 1.165) is 0 Å². The van der Waals surface area contributed by atoms with Crippen LogP contribution in [0.2, 0.25) is 17.1 Å². The summed E-state index contributed by atoms with van der Waals surface area (Å²) in [4.78, 5) is 11.1. The Kier molecular flexibility index (Phi) is 3.81. The number of hydrogen-bond acceptors (Lipinski definition) is 2. The van der Waals surface area contributed by atoms with E-state index < -0.39 is 19.6 Å². The first-order valence-corrected chi connectivity index (χ1v) is 11.3. The topological polar surface area (TPSA) is 38.3 Å². The van der Waals surface area contributed by atoms with Gasteiger partial charge in [0, 0.05) is 0 Å². The van der Waals surface area contributed by atoms with Crippen molar-refractivity contribution in [3.8, 4) is 5.75 Å². The number of rotatable bonds is 2. The van der Waals surface area contributed by atoms with Crippen LogP contribution >= 0.6 is 0 Å². The van der Waals surface area contributed by atoms with Crippen molar-refractivity contribution < 1.29 is 9.53 Å². The second kappa shape index (κ2) is 4.71. The van der Waals surface area contributed by atoms with E-state index in [0.29, 0.717) is 5.75 Å².